The maximum Gasteiger partial charge on any atom is 0.223 e. The van der Waals surface area contributed by atoms with E-state index in [1.54, 1.807) is 6.20 Å². The molecule has 0 atom stereocenters. The van der Waals surface area contributed by atoms with Crippen LogP contribution in [0.4, 0.5) is 0 Å². The van der Waals surface area contributed by atoms with Crippen molar-refractivity contribution in [2.75, 3.05) is 13.1 Å². The number of carbonyl (C=O) groups is 1. The quantitative estimate of drug-likeness (QED) is 0.719. The molecule has 0 spiro atoms. The zero-order valence-electron chi connectivity index (χ0n) is 16.0. The van der Waals surface area contributed by atoms with Crippen LogP contribution >= 0.6 is 0 Å². The Labute approximate surface area is 166 Å². The third-order valence-corrected chi connectivity index (χ3v) is 5.41. The first kappa shape index (κ1) is 18.4. The van der Waals surface area contributed by atoms with Gasteiger partial charge in [-0.05, 0) is 49.2 Å². The van der Waals surface area contributed by atoms with Gasteiger partial charge in [-0.25, -0.2) is 4.98 Å². The molecule has 1 fully saturated rings. The van der Waals surface area contributed by atoms with Gasteiger partial charge in [0.05, 0.1) is 6.33 Å². The van der Waals surface area contributed by atoms with E-state index in [4.69, 9.17) is 0 Å². The highest BCUT2D eigenvalue weighted by Crippen LogP contribution is 2.20. The van der Waals surface area contributed by atoms with Crippen molar-refractivity contribution in [2.24, 2.45) is 5.92 Å². The Morgan fingerprint density at radius 2 is 1.75 bits per heavy atom. The molecule has 3 aromatic rings. The van der Waals surface area contributed by atoms with Crippen molar-refractivity contribution in [3.8, 4) is 5.69 Å². The summed E-state index contributed by atoms with van der Waals surface area (Å²) >= 11 is 0. The van der Waals surface area contributed by atoms with Gasteiger partial charge in [-0.15, -0.1) is 0 Å². The lowest BCUT2D eigenvalue weighted by atomic mass is 9.95. The smallest absolute Gasteiger partial charge is 0.223 e. The molecule has 5 nitrogen and oxygen atoms in total. The second-order valence-electron chi connectivity index (χ2n) is 7.39. The van der Waals surface area contributed by atoms with Crippen molar-refractivity contribution < 1.29 is 4.79 Å². The number of nitrogens with zero attached hydrogens (tertiary/aromatic N) is 3. The lowest BCUT2D eigenvalue weighted by Crippen LogP contribution is -2.40. The largest absolute Gasteiger partial charge is 0.352 e. The van der Waals surface area contributed by atoms with Crippen LogP contribution in [0.2, 0.25) is 0 Å². The van der Waals surface area contributed by atoms with Crippen molar-refractivity contribution in [2.45, 2.75) is 25.9 Å². The van der Waals surface area contributed by atoms with Gasteiger partial charge in [0.1, 0.15) is 0 Å². The van der Waals surface area contributed by atoms with Gasteiger partial charge in [0, 0.05) is 37.1 Å². The van der Waals surface area contributed by atoms with Gasteiger partial charge < -0.3 is 9.88 Å². The number of amides is 1. The Bertz CT molecular complexity index is 867. The van der Waals surface area contributed by atoms with E-state index >= 15 is 0 Å². The van der Waals surface area contributed by atoms with Gasteiger partial charge in [0.25, 0.3) is 0 Å². The van der Waals surface area contributed by atoms with Crippen LogP contribution in [0.3, 0.4) is 0 Å². The predicted octanol–water partition coefficient (Wildman–Crippen LogP) is 3.40. The molecule has 4 rings (SSSR count). The fraction of sp³-hybridized carbons (Fsp3) is 0.304. The van der Waals surface area contributed by atoms with Gasteiger partial charge >= 0.3 is 0 Å². The predicted molar refractivity (Wildman–Crippen MR) is 110 cm³/mol. The highest BCUT2D eigenvalue weighted by molar-refractivity contribution is 5.78. The fourth-order valence-corrected chi connectivity index (χ4v) is 3.73. The Balaban J connectivity index is 1.23. The molecule has 0 bridgehead atoms. The number of benzene rings is 2. The molecule has 1 N–H and O–H groups in total. The van der Waals surface area contributed by atoms with E-state index in [2.05, 4.69) is 39.5 Å². The average molecular weight is 374 g/mol. The molecule has 1 aromatic heterocycles. The highest BCUT2D eigenvalue weighted by Gasteiger charge is 2.24. The van der Waals surface area contributed by atoms with Gasteiger partial charge in [-0.1, -0.05) is 42.5 Å². The summed E-state index contributed by atoms with van der Waals surface area (Å²) in [5, 5.41) is 3.09. The van der Waals surface area contributed by atoms with E-state index in [1.807, 2.05) is 47.4 Å². The molecule has 1 saturated heterocycles. The van der Waals surface area contributed by atoms with Crippen LogP contribution in [-0.2, 0) is 17.9 Å². The van der Waals surface area contributed by atoms with E-state index in [-0.39, 0.29) is 11.8 Å². The number of nitrogens with one attached hydrogen (secondary N) is 1. The summed E-state index contributed by atoms with van der Waals surface area (Å²) in [6, 6.07) is 18.7. The van der Waals surface area contributed by atoms with Crippen LogP contribution in [0.15, 0.2) is 73.3 Å². The third kappa shape index (κ3) is 4.67. The molecule has 5 heteroatoms. The fourth-order valence-electron chi connectivity index (χ4n) is 3.73. The second-order valence-corrected chi connectivity index (χ2v) is 7.39. The number of imidazole rings is 1. The number of hydrogen-bond acceptors (Lipinski definition) is 3. The van der Waals surface area contributed by atoms with E-state index in [9.17, 15) is 4.79 Å². The molecule has 1 aliphatic heterocycles. The minimum Gasteiger partial charge on any atom is -0.352 e. The number of likely N-dealkylation sites (tertiary alicyclic amines) is 1. The number of carbonyl (C=O) groups excluding carboxylic acids is 1. The van der Waals surface area contributed by atoms with Crippen molar-refractivity contribution >= 4 is 5.91 Å². The van der Waals surface area contributed by atoms with Crippen LogP contribution in [0.5, 0.6) is 0 Å². The molecule has 1 amide bonds. The van der Waals surface area contributed by atoms with Crippen LogP contribution in [0.25, 0.3) is 5.69 Å². The first-order chi connectivity index (χ1) is 13.8. The van der Waals surface area contributed by atoms with Gasteiger partial charge in [-0.2, -0.15) is 0 Å². The molecule has 0 saturated carbocycles. The summed E-state index contributed by atoms with van der Waals surface area (Å²) in [6.45, 7) is 3.48. The minimum absolute atomic E-state index is 0.128. The first-order valence-electron chi connectivity index (χ1n) is 9.89. The normalized spacial score (nSPS) is 15.4. The molecule has 144 valence electrons. The van der Waals surface area contributed by atoms with Crippen molar-refractivity contribution in [3.05, 3.63) is 84.4 Å². The lowest BCUT2D eigenvalue weighted by Gasteiger charge is -2.31. The molecule has 0 aliphatic carbocycles. The zero-order chi connectivity index (χ0) is 19.2. The zero-order valence-corrected chi connectivity index (χ0v) is 16.0. The molecular weight excluding hydrogens is 348 g/mol. The third-order valence-electron chi connectivity index (χ3n) is 5.41. The van der Waals surface area contributed by atoms with Gasteiger partial charge in [0.2, 0.25) is 5.91 Å². The van der Waals surface area contributed by atoms with E-state index in [1.165, 1.54) is 5.56 Å². The monoisotopic (exact) mass is 374 g/mol. The summed E-state index contributed by atoms with van der Waals surface area (Å²) in [4.78, 5) is 19.0. The summed E-state index contributed by atoms with van der Waals surface area (Å²) in [6.07, 6.45) is 7.39. The number of hydrogen-bond donors (Lipinski definition) is 1. The van der Waals surface area contributed by atoms with Crippen LogP contribution in [0.1, 0.15) is 24.0 Å². The van der Waals surface area contributed by atoms with E-state index in [0.29, 0.717) is 6.54 Å². The van der Waals surface area contributed by atoms with Crippen LogP contribution in [-0.4, -0.2) is 33.4 Å². The SMILES string of the molecule is O=C(NCc1ccccc1)C1CCN(Cc2ccc(-n3ccnc3)cc2)CC1. The van der Waals surface area contributed by atoms with Crippen molar-refractivity contribution in [3.63, 3.8) is 0 Å². The number of piperidine rings is 1. The van der Waals surface area contributed by atoms with Crippen molar-refractivity contribution in [1.29, 1.82) is 0 Å². The summed E-state index contributed by atoms with van der Waals surface area (Å²) in [5.74, 6) is 0.316. The molecule has 28 heavy (non-hydrogen) atoms. The summed E-state index contributed by atoms with van der Waals surface area (Å²) in [7, 11) is 0. The molecule has 0 radical (unpaired) electrons. The maximum absolute atomic E-state index is 12.4. The summed E-state index contributed by atoms with van der Waals surface area (Å²) in [5.41, 5.74) is 3.57. The first-order valence-corrected chi connectivity index (χ1v) is 9.89. The topological polar surface area (TPSA) is 50.2 Å². The average Bonchev–Trinajstić information content (AvgIpc) is 3.29. The summed E-state index contributed by atoms with van der Waals surface area (Å²) < 4.78 is 2.00. The molecular formula is C23H26N4O. The van der Waals surface area contributed by atoms with Gasteiger partial charge in [-0.3, -0.25) is 9.69 Å². The van der Waals surface area contributed by atoms with Gasteiger partial charge in [0.15, 0.2) is 0 Å². The molecule has 2 heterocycles. The van der Waals surface area contributed by atoms with E-state index in [0.717, 1.165) is 43.7 Å². The highest BCUT2D eigenvalue weighted by atomic mass is 16.1. The molecule has 0 unspecified atom stereocenters. The van der Waals surface area contributed by atoms with Crippen molar-refractivity contribution in [1.82, 2.24) is 19.8 Å². The Kier molecular flexibility index (Phi) is 5.83. The number of aromatic nitrogens is 2. The minimum atomic E-state index is 0.128. The Morgan fingerprint density at radius 1 is 1.00 bits per heavy atom. The van der Waals surface area contributed by atoms with E-state index < -0.39 is 0 Å². The number of rotatable bonds is 6. The molecule has 1 aliphatic rings. The van der Waals surface area contributed by atoms with Crippen LogP contribution < -0.4 is 5.32 Å². The standard InChI is InChI=1S/C23H26N4O/c28-23(25-16-19-4-2-1-3-5-19)21-10-13-26(14-11-21)17-20-6-8-22(9-7-20)27-15-12-24-18-27/h1-9,12,15,18,21H,10-11,13-14,16-17H2,(H,25,28). The Hall–Kier alpha value is -2.92. The lowest BCUT2D eigenvalue weighted by molar-refractivity contribution is -0.126. The van der Waals surface area contributed by atoms with Crippen LogP contribution in [0, 0.1) is 5.92 Å². The molecule has 2 aromatic carbocycles. The maximum atomic E-state index is 12.4. The second kappa shape index (κ2) is 8.85. The Morgan fingerprint density at radius 3 is 2.43 bits per heavy atom.